The van der Waals surface area contributed by atoms with Gasteiger partial charge in [-0.3, -0.25) is 4.79 Å². The highest BCUT2D eigenvalue weighted by Crippen LogP contribution is 2.18. The Labute approximate surface area is 116 Å². The van der Waals surface area contributed by atoms with E-state index in [1.54, 1.807) is 0 Å². The van der Waals surface area contributed by atoms with Crippen molar-refractivity contribution in [2.45, 2.75) is 39.4 Å². The van der Waals surface area contributed by atoms with E-state index in [2.05, 4.69) is 4.98 Å². The molecule has 2 rings (SSSR count). The molecule has 1 aromatic heterocycles. The first-order chi connectivity index (χ1) is 8.45. The molecule has 1 amide bonds. The monoisotopic (exact) mass is 286 g/mol. The van der Waals surface area contributed by atoms with Crippen molar-refractivity contribution >= 4 is 29.5 Å². The maximum absolute atomic E-state index is 12.2. The molecule has 0 bridgehead atoms. The molecule has 1 saturated heterocycles. The minimum absolute atomic E-state index is 0.114. The van der Waals surface area contributed by atoms with Crippen LogP contribution in [0, 0.1) is 10.9 Å². The van der Waals surface area contributed by atoms with Gasteiger partial charge in [-0.05, 0) is 33.0 Å². The molecule has 6 heteroatoms. The van der Waals surface area contributed by atoms with Crippen LogP contribution in [-0.4, -0.2) is 41.1 Å². The van der Waals surface area contributed by atoms with Gasteiger partial charge in [-0.2, -0.15) is 0 Å². The van der Waals surface area contributed by atoms with Crippen molar-refractivity contribution in [1.29, 1.82) is 0 Å². The lowest BCUT2D eigenvalue weighted by Crippen LogP contribution is -2.48. The van der Waals surface area contributed by atoms with Gasteiger partial charge in [0.1, 0.15) is 0 Å². The molecule has 0 saturated carbocycles. The number of thiazole rings is 1. The van der Waals surface area contributed by atoms with E-state index in [1.165, 1.54) is 11.3 Å². The maximum atomic E-state index is 12.2. The number of carbonyl (C=O) groups is 1. The number of aromatic amines is 1. The van der Waals surface area contributed by atoms with Crippen LogP contribution in [0.1, 0.15) is 24.4 Å². The van der Waals surface area contributed by atoms with Crippen LogP contribution < -0.4 is 0 Å². The number of hydrogen-bond acceptors (Lipinski definition) is 4. The average Bonchev–Trinajstić information content (AvgIpc) is 2.56. The van der Waals surface area contributed by atoms with Gasteiger partial charge in [0.15, 0.2) is 3.95 Å². The summed E-state index contributed by atoms with van der Waals surface area (Å²) >= 11 is 6.57. The zero-order chi connectivity index (χ0) is 13.3. The first kappa shape index (κ1) is 13.7. The van der Waals surface area contributed by atoms with Gasteiger partial charge >= 0.3 is 0 Å². The molecule has 18 heavy (non-hydrogen) atoms. The van der Waals surface area contributed by atoms with E-state index in [4.69, 9.17) is 17.0 Å². The Morgan fingerprint density at radius 3 is 2.61 bits per heavy atom. The lowest BCUT2D eigenvalue weighted by Gasteiger charge is -2.35. The second kappa shape index (κ2) is 5.50. The quantitative estimate of drug-likeness (QED) is 0.849. The van der Waals surface area contributed by atoms with Gasteiger partial charge in [-0.15, -0.1) is 11.3 Å². The third-order valence-corrected chi connectivity index (χ3v) is 4.34. The van der Waals surface area contributed by atoms with Gasteiger partial charge in [0.2, 0.25) is 5.91 Å². The molecule has 1 N–H and O–H groups in total. The number of nitrogens with zero attached hydrogens (tertiary/aromatic N) is 1. The molecule has 1 aliphatic heterocycles. The smallest absolute Gasteiger partial charge is 0.228 e. The topological polar surface area (TPSA) is 45.3 Å². The summed E-state index contributed by atoms with van der Waals surface area (Å²) in [5.74, 6) is 0.158. The van der Waals surface area contributed by atoms with Gasteiger partial charge in [-0.25, -0.2) is 0 Å². The molecule has 2 heterocycles. The maximum Gasteiger partial charge on any atom is 0.228 e. The van der Waals surface area contributed by atoms with E-state index < -0.39 is 0 Å². The summed E-state index contributed by atoms with van der Waals surface area (Å²) in [5, 5.41) is 0. The van der Waals surface area contributed by atoms with Gasteiger partial charge in [0.05, 0.1) is 18.6 Å². The van der Waals surface area contributed by atoms with Crippen molar-refractivity contribution in [3.63, 3.8) is 0 Å². The summed E-state index contributed by atoms with van der Waals surface area (Å²) in [5.41, 5.74) is 1.01. The molecule has 1 aromatic rings. The number of ether oxygens (including phenoxy) is 1. The molecular formula is C12H18N2O2S2. The highest BCUT2D eigenvalue weighted by Gasteiger charge is 2.26. The fraction of sp³-hybridized carbons (Fsp3) is 0.667. The highest BCUT2D eigenvalue weighted by molar-refractivity contribution is 7.73. The summed E-state index contributed by atoms with van der Waals surface area (Å²) in [4.78, 5) is 18.2. The van der Waals surface area contributed by atoms with Crippen LogP contribution in [0.25, 0.3) is 0 Å². The van der Waals surface area contributed by atoms with Gasteiger partial charge < -0.3 is 14.6 Å². The van der Waals surface area contributed by atoms with Crippen LogP contribution in [0.5, 0.6) is 0 Å². The zero-order valence-electron chi connectivity index (χ0n) is 10.9. The van der Waals surface area contributed by atoms with Crippen molar-refractivity contribution in [3.05, 3.63) is 14.5 Å². The number of aryl methyl sites for hydroxylation is 1. The standard InChI is InChI=1S/C12H18N2O2S2/c1-7-5-14(6-8(2)16-7)11(15)4-10-9(3)13-12(17)18-10/h7-8H,4-6H2,1-3H3,(H,13,17). The number of aromatic nitrogens is 1. The minimum Gasteiger partial charge on any atom is -0.372 e. The first-order valence-corrected chi connectivity index (χ1v) is 7.30. The van der Waals surface area contributed by atoms with E-state index >= 15 is 0 Å². The number of carbonyl (C=O) groups excluding carboxylic acids is 1. The van der Waals surface area contributed by atoms with Crippen molar-refractivity contribution < 1.29 is 9.53 Å². The van der Waals surface area contributed by atoms with Crippen LogP contribution in [-0.2, 0) is 16.0 Å². The first-order valence-electron chi connectivity index (χ1n) is 6.07. The predicted octanol–water partition coefficient (Wildman–Crippen LogP) is 2.29. The fourth-order valence-corrected chi connectivity index (χ4v) is 3.52. The Morgan fingerprint density at radius 2 is 2.11 bits per heavy atom. The summed E-state index contributed by atoms with van der Waals surface area (Å²) in [6, 6.07) is 0. The van der Waals surface area contributed by atoms with Gasteiger partial charge in [0, 0.05) is 23.7 Å². The van der Waals surface area contributed by atoms with Crippen molar-refractivity contribution in [3.8, 4) is 0 Å². The van der Waals surface area contributed by atoms with Gasteiger partial charge in [0.25, 0.3) is 0 Å². The number of amides is 1. The molecule has 2 atom stereocenters. The van der Waals surface area contributed by atoms with Crippen LogP contribution >= 0.6 is 23.6 Å². The molecule has 1 aliphatic rings. The lowest BCUT2D eigenvalue weighted by molar-refractivity contribution is -0.142. The van der Waals surface area contributed by atoms with Gasteiger partial charge in [-0.1, -0.05) is 0 Å². The molecule has 0 radical (unpaired) electrons. The van der Waals surface area contributed by atoms with Crippen molar-refractivity contribution in [2.24, 2.45) is 0 Å². The SMILES string of the molecule is Cc1[nH]c(=S)sc1CC(=O)N1CC(C)OC(C)C1. The van der Waals surface area contributed by atoms with E-state index in [0.717, 1.165) is 14.5 Å². The lowest BCUT2D eigenvalue weighted by atomic mass is 10.2. The summed E-state index contributed by atoms with van der Waals surface area (Å²) < 4.78 is 6.37. The molecule has 2 unspecified atom stereocenters. The third kappa shape index (κ3) is 3.18. The van der Waals surface area contributed by atoms with Crippen LogP contribution in [0.3, 0.4) is 0 Å². The second-order valence-electron chi connectivity index (χ2n) is 4.80. The zero-order valence-corrected chi connectivity index (χ0v) is 12.5. The van der Waals surface area contributed by atoms with Crippen LogP contribution in [0.2, 0.25) is 0 Å². The molecular weight excluding hydrogens is 268 g/mol. The summed E-state index contributed by atoms with van der Waals surface area (Å²) in [6.07, 6.45) is 0.662. The molecule has 0 spiro atoms. The Bertz CT molecular complexity index is 485. The number of hydrogen-bond donors (Lipinski definition) is 1. The largest absolute Gasteiger partial charge is 0.372 e. The average molecular weight is 286 g/mol. The molecule has 100 valence electrons. The highest BCUT2D eigenvalue weighted by atomic mass is 32.1. The Morgan fingerprint density at radius 1 is 1.50 bits per heavy atom. The fourth-order valence-electron chi connectivity index (χ4n) is 2.24. The van der Waals surface area contributed by atoms with E-state index in [-0.39, 0.29) is 18.1 Å². The number of nitrogens with one attached hydrogen (secondary N) is 1. The Balaban J connectivity index is 2.03. The Kier molecular flexibility index (Phi) is 4.19. The predicted molar refractivity (Wildman–Crippen MR) is 74.5 cm³/mol. The van der Waals surface area contributed by atoms with E-state index in [1.807, 2.05) is 25.7 Å². The second-order valence-corrected chi connectivity index (χ2v) is 6.57. The number of morpholine rings is 1. The minimum atomic E-state index is 0.114. The Hall–Kier alpha value is -0.720. The molecule has 0 aliphatic carbocycles. The summed E-state index contributed by atoms with van der Waals surface area (Å²) in [6.45, 7) is 7.32. The molecule has 1 fully saturated rings. The number of H-pyrrole nitrogens is 1. The van der Waals surface area contributed by atoms with E-state index in [0.29, 0.717) is 19.5 Å². The normalized spacial score (nSPS) is 24.3. The van der Waals surface area contributed by atoms with Crippen molar-refractivity contribution in [2.75, 3.05) is 13.1 Å². The van der Waals surface area contributed by atoms with E-state index in [9.17, 15) is 4.79 Å². The van der Waals surface area contributed by atoms with Crippen molar-refractivity contribution in [1.82, 2.24) is 9.88 Å². The summed E-state index contributed by atoms with van der Waals surface area (Å²) in [7, 11) is 0. The van der Waals surface area contributed by atoms with Crippen LogP contribution in [0.4, 0.5) is 0 Å². The number of rotatable bonds is 2. The molecule has 0 aromatic carbocycles. The third-order valence-electron chi connectivity index (χ3n) is 3.01. The molecule has 4 nitrogen and oxygen atoms in total. The van der Waals surface area contributed by atoms with Crippen LogP contribution in [0.15, 0.2) is 0 Å².